The fourth-order valence-corrected chi connectivity index (χ4v) is 2.10. The Labute approximate surface area is 109 Å². The number of carbonyl (C=O) groups is 2. The fourth-order valence-electron chi connectivity index (χ4n) is 2.10. The van der Waals surface area contributed by atoms with Gasteiger partial charge in [0, 0.05) is 12.3 Å². The fraction of sp³-hybridized carbons (Fsp3) is 0.600. The van der Waals surface area contributed by atoms with Crippen molar-refractivity contribution in [2.24, 2.45) is 17.3 Å². The van der Waals surface area contributed by atoms with E-state index in [4.69, 9.17) is 4.74 Å². The molecule has 3 heteroatoms. The maximum absolute atomic E-state index is 11.7. The van der Waals surface area contributed by atoms with Gasteiger partial charge >= 0.3 is 5.97 Å². The second kappa shape index (κ2) is 5.98. The van der Waals surface area contributed by atoms with Gasteiger partial charge in [-0.25, -0.2) is 0 Å². The Hall–Kier alpha value is -1.38. The number of carbonyl (C=O) groups excluding carboxylic acids is 2. The van der Waals surface area contributed by atoms with Crippen LogP contribution >= 0.6 is 0 Å². The van der Waals surface area contributed by atoms with Gasteiger partial charge in [-0.05, 0) is 33.1 Å². The average molecular weight is 250 g/mol. The summed E-state index contributed by atoms with van der Waals surface area (Å²) in [6, 6.07) is 0. The van der Waals surface area contributed by atoms with Gasteiger partial charge in [0.25, 0.3) is 0 Å². The Morgan fingerprint density at radius 2 is 1.72 bits per heavy atom. The lowest BCUT2D eigenvalue weighted by molar-refractivity contribution is -0.152. The molecule has 0 radical (unpaired) electrons. The molecule has 18 heavy (non-hydrogen) atoms. The largest absolute Gasteiger partial charge is 0.469 e. The van der Waals surface area contributed by atoms with Gasteiger partial charge in [0.2, 0.25) is 0 Å². The van der Waals surface area contributed by atoms with Gasteiger partial charge in [-0.2, -0.15) is 0 Å². The molecule has 3 nitrogen and oxygen atoms in total. The Kier molecular flexibility index (Phi) is 4.88. The van der Waals surface area contributed by atoms with E-state index >= 15 is 0 Å². The highest BCUT2D eigenvalue weighted by molar-refractivity contribution is 5.77. The lowest BCUT2D eigenvalue weighted by Crippen LogP contribution is -2.33. The number of allylic oxidation sites excluding steroid dienone is 4. The zero-order valence-corrected chi connectivity index (χ0v) is 11.6. The molecule has 1 rings (SSSR count). The van der Waals surface area contributed by atoms with Crippen molar-refractivity contribution >= 4 is 11.8 Å². The van der Waals surface area contributed by atoms with Crippen molar-refractivity contribution in [1.29, 1.82) is 0 Å². The van der Waals surface area contributed by atoms with Crippen LogP contribution in [-0.2, 0) is 14.3 Å². The van der Waals surface area contributed by atoms with Crippen LogP contribution in [0.5, 0.6) is 0 Å². The van der Waals surface area contributed by atoms with E-state index in [-0.39, 0.29) is 17.7 Å². The van der Waals surface area contributed by atoms with Crippen LogP contribution in [0.25, 0.3) is 0 Å². The summed E-state index contributed by atoms with van der Waals surface area (Å²) in [5, 5.41) is 0. The van der Waals surface area contributed by atoms with E-state index in [1.807, 2.05) is 26.0 Å². The van der Waals surface area contributed by atoms with Crippen molar-refractivity contribution in [2.75, 3.05) is 7.11 Å². The molecule has 0 atom stereocenters. The SMILES string of the molecule is COC(=O)C(C)(C)C1C=CC(CCC(C)=O)C=C1. The molecule has 0 bridgehead atoms. The van der Waals surface area contributed by atoms with E-state index in [0.29, 0.717) is 12.3 Å². The predicted octanol–water partition coefficient (Wildman–Crippen LogP) is 2.91. The zero-order valence-electron chi connectivity index (χ0n) is 11.6. The second-order valence-electron chi connectivity index (χ2n) is 5.41. The number of hydrogen-bond acceptors (Lipinski definition) is 3. The summed E-state index contributed by atoms with van der Waals surface area (Å²) in [4.78, 5) is 22.6. The van der Waals surface area contributed by atoms with Crippen molar-refractivity contribution in [3.8, 4) is 0 Å². The predicted molar refractivity (Wildman–Crippen MR) is 71.0 cm³/mol. The van der Waals surface area contributed by atoms with Crippen molar-refractivity contribution in [3.05, 3.63) is 24.3 Å². The first-order valence-corrected chi connectivity index (χ1v) is 6.32. The molecular formula is C15H22O3. The maximum atomic E-state index is 11.7. The van der Waals surface area contributed by atoms with E-state index in [9.17, 15) is 9.59 Å². The highest BCUT2D eigenvalue weighted by Crippen LogP contribution is 2.34. The first-order chi connectivity index (χ1) is 8.37. The van der Waals surface area contributed by atoms with Crippen LogP contribution in [0.3, 0.4) is 0 Å². The summed E-state index contributed by atoms with van der Waals surface area (Å²) in [6.45, 7) is 5.38. The number of methoxy groups -OCH3 is 1. The molecule has 0 unspecified atom stereocenters. The molecular weight excluding hydrogens is 228 g/mol. The molecule has 0 aromatic rings. The molecule has 0 saturated carbocycles. The van der Waals surface area contributed by atoms with Gasteiger partial charge in [0.15, 0.2) is 0 Å². The molecule has 1 aliphatic carbocycles. The molecule has 0 fully saturated rings. The molecule has 0 aromatic carbocycles. The molecule has 0 spiro atoms. The minimum Gasteiger partial charge on any atom is -0.469 e. The molecule has 0 aromatic heterocycles. The monoisotopic (exact) mass is 250 g/mol. The smallest absolute Gasteiger partial charge is 0.312 e. The number of rotatable bonds is 5. The van der Waals surface area contributed by atoms with Crippen LogP contribution in [0, 0.1) is 17.3 Å². The third kappa shape index (κ3) is 3.56. The van der Waals surface area contributed by atoms with Crippen LogP contribution in [0.15, 0.2) is 24.3 Å². The summed E-state index contributed by atoms with van der Waals surface area (Å²) < 4.78 is 4.82. The second-order valence-corrected chi connectivity index (χ2v) is 5.41. The third-order valence-electron chi connectivity index (χ3n) is 3.51. The minimum absolute atomic E-state index is 0.0542. The lowest BCUT2D eigenvalue weighted by Gasteiger charge is -2.29. The van der Waals surface area contributed by atoms with Gasteiger partial charge in [-0.15, -0.1) is 0 Å². The van der Waals surface area contributed by atoms with Crippen molar-refractivity contribution in [2.45, 2.75) is 33.6 Å². The summed E-state index contributed by atoms with van der Waals surface area (Å²) in [7, 11) is 1.41. The van der Waals surface area contributed by atoms with E-state index in [1.54, 1.807) is 6.92 Å². The molecule has 0 aliphatic heterocycles. The van der Waals surface area contributed by atoms with Gasteiger partial charge in [-0.1, -0.05) is 24.3 Å². The van der Waals surface area contributed by atoms with Crippen LogP contribution in [0.1, 0.15) is 33.6 Å². The van der Waals surface area contributed by atoms with Gasteiger partial charge in [0.1, 0.15) is 5.78 Å². The number of ketones is 1. The van der Waals surface area contributed by atoms with E-state index in [2.05, 4.69) is 12.2 Å². The van der Waals surface area contributed by atoms with Crippen molar-refractivity contribution in [1.82, 2.24) is 0 Å². The Bertz CT molecular complexity index is 363. The topological polar surface area (TPSA) is 43.4 Å². The summed E-state index contributed by atoms with van der Waals surface area (Å²) in [6.07, 6.45) is 9.69. The van der Waals surface area contributed by atoms with Gasteiger partial charge in [0.05, 0.1) is 12.5 Å². The number of ether oxygens (including phenoxy) is 1. The van der Waals surface area contributed by atoms with E-state index in [0.717, 1.165) is 6.42 Å². The summed E-state index contributed by atoms with van der Waals surface area (Å²) in [5.41, 5.74) is -0.548. The van der Waals surface area contributed by atoms with Crippen molar-refractivity contribution < 1.29 is 14.3 Å². The number of esters is 1. The highest BCUT2D eigenvalue weighted by Gasteiger charge is 2.35. The van der Waals surface area contributed by atoms with Gasteiger partial charge in [-0.3, -0.25) is 4.79 Å². The van der Waals surface area contributed by atoms with Crippen molar-refractivity contribution in [3.63, 3.8) is 0 Å². The molecule has 0 heterocycles. The quantitative estimate of drug-likeness (QED) is 0.556. The minimum atomic E-state index is -0.548. The van der Waals surface area contributed by atoms with E-state index in [1.165, 1.54) is 7.11 Å². The lowest BCUT2D eigenvalue weighted by atomic mass is 9.75. The van der Waals surface area contributed by atoms with Crippen LogP contribution < -0.4 is 0 Å². The van der Waals surface area contributed by atoms with Gasteiger partial charge < -0.3 is 9.53 Å². The molecule has 0 amide bonds. The standard InChI is InChI=1S/C15H22O3/c1-11(16)5-6-12-7-9-13(10-8-12)15(2,3)14(17)18-4/h7-10,12-13H,5-6H2,1-4H3. The first kappa shape index (κ1) is 14.7. The van der Waals surface area contributed by atoms with E-state index < -0.39 is 5.41 Å². The molecule has 0 N–H and O–H groups in total. The Morgan fingerprint density at radius 3 is 2.17 bits per heavy atom. The highest BCUT2D eigenvalue weighted by atomic mass is 16.5. The molecule has 100 valence electrons. The molecule has 0 saturated heterocycles. The Morgan fingerprint density at radius 1 is 1.17 bits per heavy atom. The molecule has 1 aliphatic rings. The first-order valence-electron chi connectivity index (χ1n) is 6.32. The normalized spacial score (nSPS) is 22.9. The third-order valence-corrected chi connectivity index (χ3v) is 3.51. The number of Topliss-reactive ketones (excluding diaryl/α,β-unsaturated/α-hetero) is 1. The average Bonchev–Trinajstić information content (AvgIpc) is 2.35. The number of hydrogen-bond donors (Lipinski definition) is 0. The van der Waals surface area contributed by atoms with Crippen LogP contribution in [0.2, 0.25) is 0 Å². The van der Waals surface area contributed by atoms with Crippen LogP contribution in [-0.4, -0.2) is 18.9 Å². The zero-order chi connectivity index (χ0) is 13.8. The van der Waals surface area contributed by atoms with Crippen LogP contribution in [0.4, 0.5) is 0 Å². The maximum Gasteiger partial charge on any atom is 0.312 e. The summed E-state index contributed by atoms with van der Waals surface area (Å²) >= 11 is 0. The summed E-state index contributed by atoms with van der Waals surface area (Å²) in [5.74, 6) is 0.370. The Balaban J connectivity index is 2.61.